The molecule has 1 N–H and O–H groups in total. The van der Waals surface area contributed by atoms with Crippen molar-refractivity contribution in [2.24, 2.45) is 5.92 Å². The molecule has 1 heterocycles. The Morgan fingerprint density at radius 3 is 2.63 bits per heavy atom. The van der Waals surface area contributed by atoms with Gasteiger partial charge in [-0.1, -0.05) is 37.7 Å². The first-order valence-electron chi connectivity index (χ1n) is 8.82. The second kappa shape index (κ2) is 9.55. The lowest BCUT2D eigenvalue weighted by Crippen LogP contribution is -2.37. The van der Waals surface area contributed by atoms with E-state index < -0.39 is 5.97 Å². The summed E-state index contributed by atoms with van der Waals surface area (Å²) in [7, 11) is 1.31. The number of carbonyl (C=O) groups is 2. The van der Waals surface area contributed by atoms with Crippen LogP contribution in [-0.2, 0) is 20.9 Å². The van der Waals surface area contributed by atoms with Crippen molar-refractivity contribution in [3.05, 3.63) is 34.6 Å². The molecule has 0 aliphatic heterocycles. The third-order valence-corrected chi connectivity index (χ3v) is 5.29. The van der Waals surface area contributed by atoms with Gasteiger partial charge in [0.15, 0.2) is 5.16 Å². The van der Waals surface area contributed by atoms with E-state index in [2.05, 4.69) is 15.0 Å². The number of benzene rings is 1. The monoisotopic (exact) mass is 391 g/mol. The number of nitrogens with zero attached hydrogens (tertiary/aromatic N) is 2. The Balaban J connectivity index is 2.26. The molecule has 8 heteroatoms. The Labute approximate surface area is 162 Å². The fraction of sp³-hybridized carbons (Fsp3) is 0.474. The zero-order chi connectivity index (χ0) is 20.0. The standard InChI is InChI=1S/C19H25N3O4S/c1-12(2)13(3)20-16(23)11-27-19-21-15-8-6-5-7-14(15)18(25)22(19)10-9-17(24)26-4/h5-8,12-13H,9-11H2,1-4H3,(H,20,23)/t13-/m0/s1. The molecule has 2 aromatic rings. The number of nitrogens with one attached hydrogen (secondary N) is 1. The number of ether oxygens (including phenoxy) is 1. The summed E-state index contributed by atoms with van der Waals surface area (Å²) in [5.41, 5.74) is 0.332. The SMILES string of the molecule is COC(=O)CCn1c(SCC(=O)N[C@@H](C)C(C)C)nc2ccccc2c1=O. The summed E-state index contributed by atoms with van der Waals surface area (Å²) < 4.78 is 6.09. The van der Waals surface area contributed by atoms with E-state index in [9.17, 15) is 14.4 Å². The molecule has 0 aliphatic rings. The first kappa shape index (κ1) is 21.0. The molecule has 1 aromatic heterocycles. The molecule has 0 aliphatic carbocycles. The number of hydrogen-bond donors (Lipinski definition) is 1. The molecule has 1 aromatic carbocycles. The topological polar surface area (TPSA) is 90.3 Å². The minimum absolute atomic E-state index is 0.0561. The molecule has 146 valence electrons. The van der Waals surface area contributed by atoms with Crippen LogP contribution in [0, 0.1) is 5.92 Å². The number of carbonyl (C=O) groups excluding carboxylic acids is 2. The molecular formula is C19H25N3O4S. The Bertz CT molecular complexity index is 879. The highest BCUT2D eigenvalue weighted by Crippen LogP contribution is 2.18. The van der Waals surface area contributed by atoms with E-state index in [0.717, 1.165) is 0 Å². The van der Waals surface area contributed by atoms with E-state index in [0.29, 0.717) is 22.0 Å². The molecule has 7 nitrogen and oxygen atoms in total. The second-order valence-electron chi connectivity index (χ2n) is 6.58. The van der Waals surface area contributed by atoms with Crippen molar-refractivity contribution >= 4 is 34.5 Å². The third kappa shape index (κ3) is 5.56. The van der Waals surface area contributed by atoms with Crippen LogP contribution in [0.25, 0.3) is 10.9 Å². The van der Waals surface area contributed by atoms with Gasteiger partial charge in [-0.25, -0.2) is 4.98 Å². The molecule has 1 atom stereocenters. The normalized spacial score (nSPS) is 12.2. The van der Waals surface area contributed by atoms with Crippen molar-refractivity contribution in [3.8, 4) is 0 Å². The number of methoxy groups -OCH3 is 1. The Morgan fingerprint density at radius 2 is 1.96 bits per heavy atom. The third-order valence-electron chi connectivity index (χ3n) is 4.31. The molecule has 27 heavy (non-hydrogen) atoms. The molecule has 2 rings (SSSR count). The number of amides is 1. The van der Waals surface area contributed by atoms with Crippen LogP contribution in [0.3, 0.4) is 0 Å². The van der Waals surface area contributed by atoms with Gasteiger partial charge in [0.25, 0.3) is 5.56 Å². The van der Waals surface area contributed by atoms with Crippen LogP contribution in [0.15, 0.2) is 34.2 Å². The van der Waals surface area contributed by atoms with Gasteiger partial charge < -0.3 is 10.1 Å². The van der Waals surface area contributed by atoms with Crippen LogP contribution >= 0.6 is 11.8 Å². The predicted octanol–water partition coefficient (Wildman–Crippen LogP) is 2.21. The fourth-order valence-corrected chi connectivity index (χ4v) is 3.19. The molecular weight excluding hydrogens is 366 g/mol. The highest BCUT2D eigenvalue weighted by molar-refractivity contribution is 7.99. The Hall–Kier alpha value is -2.35. The van der Waals surface area contributed by atoms with Crippen LogP contribution < -0.4 is 10.9 Å². The van der Waals surface area contributed by atoms with Crippen LogP contribution in [0.4, 0.5) is 0 Å². The van der Waals surface area contributed by atoms with Crippen LogP contribution in [-0.4, -0.2) is 40.3 Å². The van der Waals surface area contributed by atoms with Crippen molar-refractivity contribution < 1.29 is 14.3 Å². The van der Waals surface area contributed by atoms with Crippen LogP contribution in [0.2, 0.25) is 0 Å². The van der Waals surface area contributed by atoms with E-state index >= 15 is 0 Å². The number of fused-ring (bicyclic) bond motifs is 1. The molecule has 0 spiro atoms. The molecule has 0 fully saturated rings. The van der Waals surface area contributed by atoms with E-state index in [1.807, 2.05) is 20.8 Å². The summed E-state index contributed by atoms with van der Waals surface area (Å²) >= 11 is 1.18. The number of aromatic nitrogens is 2. The smallest absolute Gasteiger partial charge is 0.307 e. The maximum absolute atomic E-state index is 12.8. The summed E-state index contributed by atoms with van der Waals surface area (Å²) in [5, 5.41) is 3.82. The van der Waals surface area contributed by atoms with Gasteiger partial charge in [0.2, 0.25) is 5.91 Å². The first-order valence-corrected chi connectivity index (χ1v) is 9.80. The van der Waals surface area contributed by atoms with E-state index in [1.165, 1.54) is 23.4 Å². The highest BCUT2D eigenvalue weighted by atomic mass is 32.2. The maximum Gasteiger partial charge on any atom is 0.307 e. The van der Waals surface area contributed by atoms with Gasteiger partial charge >= 0.3 is 5.97 Å². The average Bonchev–Trinajstić information content (AvgIpc) is 2.65. The predicted molar refractivity (Wildman–Crippen MR) is 106 cm³/mol. The van der Waals surface area contributed by atoms with Crippen molar-refractivity contribution in [1.82, 2.24) is 14.9 Å². The molecule has 0 unspecified atom stereocenters. The molecule has 1 amide bonds. The van der Waals surface area contributed by atoms with Crippen LogP contribution in [0.1, 0.15) is 27.2 Å². The largest absolute Gasteiger partial charge is 0.469 e. The lowest BCUT2D eigenvalue weighted by Gasteiger charge is -2.17. The summed E-state index contributed by atoms with van der Waals surface area (Å²) in [6, 6.07) is 7.09. The zero-order valence-corrected chi connectivity index (χ0v) is 16.8. The van der Waals surface area contributed by atoms with Gasteiger partial charge in [0, 0.05) is 12.6 Å². The number of rotatable bonds is 8. The van der Waals surface area contributed by atoms with Crippen molar-refractivity contribution in [3.63, 3.8) is 0 Å². The molecule has 0 saturated carbocycles. The molecule has 0 saturated heterocycles. The first-order chi connectivity index (χ1) is 12.8. The van der Waals surface area contributed by atoms with E-state index in [4.69, 9.17) is 0 Å². The van der Waals surface area contributed by atoms with Crippen molar-refractivity contribution in [1.29, 1.82) is 0 Å². The molecule has 0 bridgehead atoms. The molecule has 0 radical (unpaired) electrons. The van der Waals surface area contributed by atoms with Gasteiger partial charge in [0.05, 0.1) is 30.2 Å². The Kier molecular flexibility index (Phi) is 7.41. The number of hydrogen-bond acceptors (Lipinski definition) is 6. The number of thioether (sulfide) groups is 1. The van der Waals surface area contributed by atoms with Gasteiger partial charge in [0.1, 0.15) is 0 Å². The lowest BCUT2D eigenvalue weighted by molar-refractivity contribution is -0.140. The quantitative estimate of drug-likeness (QED) is 0.422. The van der Waals surface area contributed by atoms with E-state index in [1.54, 1.807) is 24.3 Å². The van der Waals surface area contributed by atoms with Crippen LogP contribution in [0.5, 0.6) is 0 Å². The lowest BCUT2D eigenvalue weighted by atomic mass is 10.1. The summed E-state index contributed by atoms with van der Waals surface area (Å²) in [6.07, 6.45) is 0.0561. The van der Waals surface area contributed by atoms with Gasteiger partial charge in [-0.3, -0.25) is 19.0 Å². The highest BCUT2D eigenvalue weighted by Gasteiger charge is 2.16. The summed E-state index contributed by atoms with van der Waals surface area (Å²) in [6.45, 7) is 6.17. The minimum Gasteiger partial charge on any atom is -0.469 e. The zero-order valence-electron chi connectivity index (χ0n) is 16.0. The van der Waals surface area contributed by atoms with Gasteiger partial charge in [-0.2, -0.15) is 0 Å². The van der Waals surface area contributed by atoms with Crippen molar-refractivity contribution in [2.45, 2.75) is 44.9 Å². The fourth-order valence-electron chi connectivity index (χ4n) is 2.35. The Morgan fingerprint density at radius 1 is 1.26 bits per heavy atom. The van der Waals surface area contributed by atoms with Gasteiger partial charge in [-0.05, 0) is 25.0 Å². The maximum atomic E-state index is 12.8. The van der Waals surface area contributed by atoms with Crippen molar-refractivity contribution in [2.75, 3.05) is 12.9 Å². The average molecular weight is 391 g/mol. The minimum atomic E-state index is -0.408. The second-order valence-corrected chi connectivity index (χ2v) is 7.53. The van der Waals surface area contributed by atoms with E-state index in [-0.39, 0.29) is 36.2 Å². The van der Waals surface area contributed by atoms with Gasteiger partial charge in [-0.15, -0.1) is 0 Å². The number of para-hydroxylation sites is 1. The number of esters is 1. The summed E-state index contributed by atoms with van der Waals surface area (Å²) in [4.78, 5) is 41.0. The summed E-state index contributed by atoms with van der Waals surface area (Å²) in [5.74, 6) is -0.0614.